The first-order valence-corrected chi connectivity index (χ1v) is 11.3. The zero-order chi connectivity index (χ0) is 22.3. The number of likely N-dealkylation sites (N-methyl/N-ethyl adjacent to an activating group) is 1. The summed E-state index contributed by atoms with van der Waals surface area (Å²) < 4.78 is 11.4. The number of nitrogens with zero attached hydrogens (tertiary/aromatic N) is 1. The molecule has 1 aliphatic rings. The van der Waals surface area contributed by atoms with Crippen molar-refractivity contribution in [2.24, 2.45) is 0 Å². The Labute approximate surface area is 190 Å². The van der Waals surface area contributed by atoms with Gasteiger partial charge < -0.3 is 14.8 Å². The lowest BCUT2D eigenvalue weighted by Gasteiger charge is -2.31. The van der Waals surface area contributed by atoms with Crippen molar-refractivity contribution in [1.29, 1.82) is 0 Å². The molecule has 0 saturated carbocycles. The van der Waals surface area contributed by atoms with Crippen LogP contribution in [0.15, 0.2) is 48.5 Å². The van der Waals surface area contributed by atoms with Gasteiger partial charge in [0, 0.05) is 37.4 Å². The maximum absolute atomic E-state index is 12.8. The van der Waals surface area contributed by atoms with Crippen LogP contribution in [0.1, 0.15) is 37.8 Å². The summed E-state index contributed by atoms with van der Waals surface area (Å²) in [5.41, 5.74) is 1.30. The summed E-state index contributed by atoms with van der Waals surface area (Å²) in [6.07, 6.45) is 2.16. The second kappa shape index (κ2) is 11.0. The van der Waals surface area contributed by atoms with Gasteiger partial charge in [-0.2, -0.15) is 0 Å². The van der Waals surface area contributed by atoms with Gasteiger partial charge in [-0.3, -0.25) is 9.69 Å². The minimum absolute atomic E-state index is 0.0285. The van der Waals surface area contributed by atoms with E-state index in [1.807, 2.05) is 62.4 Å². The highest BCUT2D eigenvalue weighted by Crippen LogP contribution is 2.25. The smallest absolute Gasteiger partial charge is 0.230 e. The van der Waals surface area contributed by atoms with Crippen molar-refractivity contribution in [2.45, 2.75) is 44.7 Å². The number of carbonyl (C=O) groups is 1. The number of rotatable bonds is 9. The van der Waals surface area contributed by atoms with E-state index in [0.29, 0.717) is 24.2 Å². The van der Waals surface area contributed by atoms with Crippen LogP contribution >= 0.6 is 11.6 Å². The van der Waals surface area contributed by atoms with Gasteiger partial charge in [-0.05, 0) is 69.1 Å². The van der Waals surface area contributed by atoms with Gasteiger partial charge in [-0.25, -0.2) is 0 Å². The number of nitrogens with one attached hydrogen (secondary N) is 1. The highest BCUT2D eigenvalue weighted by atomic mass is 35.5. The molecule has 1 saturated heterocycles. The van der Waals surface area contributed by atoms with Crippen molar-refractivity contribution in [3.05, 3.63) is 64.7 Å². The van der Waals surface area contributed by atoms with E-state index in [1.165, 1.54) is 0 Å². The molecule has 1 amide bonds. The van der Waals surface area contributed by atoms with Crippen molar-refractivity contribution >= 4 is 17.5 Å². The van der Waals surface area contributed by atoms with Gasteiger partial charge in [-0.15, -0.1) is 0 Å². The molecule has 168 valence electrons. The molecule has 0 aliphatic carbocycles. The summed E-state index contributed by atoms with van der Waals surface area (Å²) in [5, 5.41) is 3.71. The molecule has 31 heavy (non-hydrogen) atoms. The van der Waals surface area contributed by atoms with Crippen molar-refractivity contribution in [3.63, 3.8) is 0 Å². The predicted molar refractivity (Wildman–Crippen MR) is 125 cm³/mol. The first-order chi connectivity index (χ1) is 14.9. The fourth-order valence-corrected chi connectivity index (χ4v) is 3.89. The monoisotopic (exact) mass is 444 g/mol. The average molecular weight is 445 g/mol. The van der Waals surface area contributed by atoms with Gasteiger partial charge in [-0.1, -0.05) is 35.9 Å². The minimum Gasteiger partial charge on any atom is -0.492 e. The summed E-state index contributed by atoms with van der Waals surface area (Å²) >= 11 is 5.97. The SMILES string of the molecule is CN(CCOc1cccc(CNC(=O)C(C)(C)c2ccc(Cl)cc2)c1)C1CCOCC1. The van der Waals surface area contributed by atoms with Crippen LogP contribution in [0, 0.1) is 0 Å². The van der Waals surface area contributed by atoms with E-state index in [1.54, 1.807) is 0 Å². The molecule has 3 rings (SSSR count). The van der Waals surface area contributed by atoms with Gasteiger partial charge in [0.2, 0.25) is 5.91 Å². The van der Waals surface area contributed by atoms with Gasteiger partial charge in [0.25, 0.3) is 0 Å². The van der Waals surface area contributed by atoms with Crippen molar-refractivity contribution in [2.75, 3.05) is 33.4 Å². The lowest BCUT2D eigenvalue weighted by atomic mass is 9.83. The number of ether oxygens (including phenoxy) is 2. The maximum atomic E-state index is 12.8. The molecule has 0 atom stereocenters. The van der Waals surface area contributed by atoms with E-state index in [9.17, 15) is 4.79 Å². The highest BCUT2D eigenvalue weighted by Gasteiger charge is 2.29. The number of halogens is 1. The molecule has 1 heterocycles. The predicted octanol–water partition coefficient (Wildman–Crippen LogP) is 4.42. The van der Waals surface area contributed by atoms with Crippen LogP contribution in [-0.2, 0) is 21.5 Å². The largest absolute Gasteiger partial charge is 0.492 e. The number of hydrogen-bond acceptors (Lipinski definition) is 4. The quantitative estimate of drug-likeness (QED) is 0.621. The molecule has 2 aromatic carbocycles. The third-order valence-corrected chi connectivity index (χ3v) is 6.26. The molecular formula is C25H33ClN2O3. The Morgan fingerprint density at radius 1 is 1.19 bits per heavy atom. The van der Waals surface area contributed by atoms with Crippen LogP contribution in [0.25, 0.3) is 0 Å². The summed E-state index contributed by atoms with van der Waals surface area (Å²) in [7, 11) is 2.15. The third kappa shape index (κ3) is 6.70. The first kappa shape index (κ1) is 23.6. The van der Waals surface area contributed by atoms with Crippen LogP contribution in [0.5, 0.6) is 5.75 Å². The molecule has 5 nitrogen and oxygen atoms in total. The normalized spacial score (nSPS) is 15.1. The fraction of sp³-hybridized carbons (Fsp3) is 0.480. The topological polar surface area (TPSA) is 50.8 Å². The number of hydrogen-bond donors (Lipinski definition) is 1. The Kier molecular flexibility index (Phi) is 8.35. The van der Waals surface area contributed by atoms with Crippen LogP contribution in [0.3, 0.4) is 0 Å². The molecule has 0 bridgehead atoms. The van der Waals surface area contributed by atoms with Gasteiger partial charge in [0.05, 0.1) is 5.41 Å². The van der Waals surface area contributed by atoms with Gasteiger partial charge in [0.1, 0.15) is 12.4 Å². The Morgan fingerprint density at radius 2 is 1.90 bits per heavy atom. The van der Waals surface area contributed by atoms with Gasteiger partial charge in [0.15, 0.2) is 0 Å². The molecule has 6 heteroatoms. The highest BCUT2D eigenvalue weighted by molar-refractivity contribution is 6.30. The zero-order valence-electron chi connectivity index (χ0n) is 18.7. The van der Waals surface area contributed by atoms with Crippen LogP contribution in [-0.4, -0.2) is 50.3 Å². The second-order valence-corrected chi connectivity index (χ2v) is 9.07. The summed E-state index contributed by atoms with van der Waals surface area (Å²) in [6, 6.07) is 15.9. The molecule has 1 fully saturated rings. The van der Waals surface area contributed by atoms with E-state index >= 15 is 0 Å². The second-order valence-electron chi connectivity index (χ2n) is 8.63. The number of carbonyl (C=O) groups excluding carboxylic acids is 1. The molecule has 0 unspecified atom stereocenters. The van der Waals surface area contributed by atoms with Crippen molar-refractivity contribution in [1.82, 2.24) is 10.2 Å². The van der Waals surface area contributed by atoms with E-state index in [4.69, 9.17) is 21.1 Å². The van der Waals surface area contributed by atoms with Gasteiger partial charge >= 0.3 is 0 Å². The summed E-state index contributed by atoms with van der Waals surface area (Å²) in [5.74, 6) is 0.795. The lowest BCUT2D eigenvalue weighted by Crippen LogP contribution is -2.39. The first-order valence-electron chi connectivity index (χ1n) is 10.9. The van der Waals surface area contributed by atoms with Crippen LogP contribution < -0.4 is 10.1 Å². The van der Waals surface area contributed by atoms with E-state index in [-0.39, 0.29) is 5.91 Å². The van der Waals surface area contributed by atoms with Crippen LogP contribution in [0.4, 0.5) is 0 Å². The number of benzene rings is 2. The lowest BCUT2D eigenvalue weighted by molar-refractivity contribution is -0.125. The Balaban J connectivity index is 1.48. The van der Waals surface area contributed by atoms with E-state index in [0.717, 1.165) is 49.5 Å². The molecule has 0 radical (unpaired) electrons. The molecule has 2 aromatic rings. The standard InChI is InChI=1S/C25H33ClN2O3/c1-25(2,20-7-9-21(26)10-8-20)24(29)27-18-19-5-4-6-23(17-19)31-16-13-28(3)22-11-14-30-15-12-22/h4-10,17,22H,11-16,18H2,1-3H3,(H,27,29). The zero-order valence-corrected chi connectivity index (χ0v) is 19.5. The Hall–Kier alpha value is -2.08. The maximum Gasteiger partial charge on any atom is 0.230 e. The molecule has 1 aliphatic heterocycles. The molecule has 0 aromatic heterocycles. The third-order valence-electron chi connectivity index (χ3n) is 6.01. The fourth-order valence-electron chi connectivity index (χ4n) is 3.76. The molecular weight excluding hydrogens is 412 g/mol. The molecule has 1 N–H and O–H groups in total. The van der Waals surface area contributed by atoms with Crippen molar-refractivity contribution in [3.8, 4) is 5.75 Å². The summed E-state index contributed by atoms with van der Waals surface area (Å²) in [6.45, 7) is 7.49. The summed E-state index contributed by atoms with van der Waals surface area (Å²) in [4.78, 5) is 15.2. The Bertz CT molecular complexity index is 848. The van der Waals surface area contributed by atoms with E-state index < -0.39 is 5.41 Å². The van der Waals surface area contributed by atoms with Crippen LogP contribution in [0.2, 0.25) is 5.02 Å². The minimum atomic E-state index is -0.645. The molecule has 0 spiro atoms. The van der Waals surface area contributed by atoms with E-state index in [2.05, 4.69) is 17.3 Å². The average Bonchev–Trinajstić information content (AvgIpc) is 2.78. The Morgan fingerprint density at radius 3 is 2.61 bits per heavy atom. The van der Waals surface area contributed by atoms with Crippen molar-refractivity contribution < 1.29 is 14.3 Å². The number of amides is 1.